The Morgan fingerprint density at radius 3 is 2.86 bits per heavy atom. The van der Waals surface area contributed by atoms with E-state index in [1.165, 1.54) is 0 Å². The molecule has 0 bridgehead atoms. The minimum atomic E-state index is -2.59. The van der Waals surface area contributed by atoms with E-state index in [-0.39, 0.29) is 18.8 Å². The molecule has 0 aromatic rings. The van der Waals surface area contributed by atoms with E-state index in [1.807, 2.05) is 0 Å². The molecule has 0 aromatic carbocycles. The Kier molecular flexibility index (Phi) is 2.47. The van der Waals surface area contributed by atoms with Crippen LogP contribution < -0.4 is 0 Å². The first-order valence-electron chi connectivity index (χ1n) is 4.97. The van der Waals surface area contributed by atoms with Gasteiger partial charge in [0, 0.05) is 19.3 Å². The van der Waals surface area contributed by atoms with E-state index < -0.39 is 12.0 Å². The molecule has 2 nitrogen and oxygen atoms in total. The van der Waals surface area contributed by atoms with Crippen molar-refractivity contribution in [2.45, 2.75) is 37.7 Å². The van der Waals surface area contributed by atoms with Gasteiger partial charge in [-0.2, -0.15) is 0 Å². The maximum Gasteiger partial charge on any atom is 0.248 e. The zero-order valence-electron chi connectivity index (χ0n) is 7.88. The number of halogens is 2. The van der Waals surface area contributed by atoms with Crippen LogP contribution in [0.2, 0.25) is 0 Å². The average molecular weight is 204 g/mol. The summed E-state index contributed by atoms with van der Waals surface area (Å²) in [6, 6.07) is 0. The monoisotopic (exact) mass is 204 g/mol. The first kappa shape index (κ1) is 9.90. The number of hydrogen-bond acceptors (Lipinski definition) is 2. The molecule has 0 aromatic heterocycles. The van der Waals surface area contributed by atoms with Crippen LogP contribution in [0.4, 0.5) is 8.78 Å². The molecule has 1 heterocycles. The molecule has 0 saturated heterocycles. The van der Waals surface area contributed by atoms with Crippen LogP contribution in [0.5, 0.6) is 0 Å². The van der Waals surface area contributed by atoms with Crippen molar-refractivity contribution in [1.29, 1.82) is 0 Å². The van der Waals surface area contributed by atoms with Crippen molar-refractivity contribution in [3.05, 3.63) is 11.8 Å². The lowest BCUT2D eigenvalue weighted by Crippen LogP contribution is -2.22. The predicted molar refractivity (Wildman–Crippen MR) is 46.9 cm³/mol. The lowest BCUT2D eigenvalue weighted by molar-refractivity contribution is -0.00626. The highest BCUT2D eigenvalue weighted by molar-refractivity contribution is 5.07. The van der Waals surface area contributed by atoms with Crippen LogP contribution in [0.3, 0.4) is 0 Å². The molecule has 1 fully saturated rings. The zero-order valence-corrected chi connectivity index (χ0v) is 7.88. The van der Waals surface area contributed by atoms with E-state index >= 15 is 0 Å². The number of aliphatic hydroxyl groups is 1. The highest BCUT2D eigenvalue weighted by Gasteiger charge is 2.43. The molecule has 2 rings (SSSR count). The van der Waals surface area contributed by atoms with Gasteiger partial charge < -0.3 is 9.84 Å². The largest absolute Gasteiger partial charge is 0.495 e. The SMILES string of the molecule is OC(C1=CCCO1)C1CCC(F)(F)C1. The van der Waals surface area contributed by atoms with Gasteiger partial charge in [0.1, 0.15) is 11.9 Å². The van der Waals surface area contributed by atoms with E-state index in [0.717, 1.165) is 6.42 Å². The number of hydrogen-bond donors (Lipinski definition) is 1. The fourth-order valence-electron chi connectivity index (χ4n) is 2.13. The third-order valence-corrected chi connectivity index (χ3v) is 2.91. The fourth-order valence-corrected chi connectivity index (χ4v) is 2.13. The van der Waals surface area contributed by atoms with Crippen LogP contribution in [0.25, 0.3) is 0 Å². The average Bonchev–Trinajstić information content (AvgIpc) is 2.72. The van der Waals surface area contributed by atoms with Gasteiger partial charge in [-0.3, -0.25) is 0 Å². The Morgan fingerprint density at radius 1 is 1.57 bits per heavy atom. The number of alkyl halides is 2. The molecule has 1 aliphatic heterocycles. The van der Waals surface area contributed by atoms with Crippen molar-refractivity contribution >= 4 is 0 Å². The van der Waals surface area contributed by atoms with Gasteiger partial charge in [-0.15, -0.1) is 0 Å². The van der Waals surface area contributed by atoms with Crippen LogP contribution in [0.15, 0.2) is 11.8 Å². The van der Waals surface area contributed by atoms with Gasteiger partial charge in [0.15, 0.2) is 0 Å². The van der Waals surface area contributed by atoms with Crippen molar-refractivity contribution in [3.63, 3.8) is 0 Å². The summed E-state index contributed by atoms with van der Waals surface area (Å²) >= 11 is 0. The highest BCUT2D eigenvalue weighted by atomic mass is 19.3. The summed E-state index contributed by atoms with van der Waals surface area (Å²) in [5, 5.41) is 9.75. The fraction of sp³-hybridized carbons (Fsp3) is 0.800. The molecule has 0 spiro atoms. The third-order valence-electron chi connectivity index (χ3n) is 2.91. The molecule has 2 unspecified atom stereocenters. The molecule has 0 amide bonds. The zero-order chi connectivity index (χ0) is 10.2. The smallest absolute Gasteiger partial charge is 0.248 e. The minimum absolute atomic E-state index is 0.109. The highest BCUT2D eigenvalue weighted by Crippen LogP contribution is 2.42. The number of rotatable bonds is 2. The van der Waals surface area contributed by atoms with E-state index in [0.29, 0.717) is 18.8 Å². The summed E-state index contributed by atoms with van der Waals surface area (Å²) in [6.45, 7) is 0.565. The minimum Gasteiger partial charge on any atom is -0.495 e. The van der Waals surface area contributed by atoms with Gasteiger partial charge in [0.25, 0.3) is 0 Å². The standard InChI is InChI=1S/C10H14F2O2/c11-10(12)4-3-7(6-10)9(13)8-2-1-5-14-8/h2,7,9,13H,1,3-6H2. The van der Waals surface area contributed by atoms with E-state index in [9.17, 15) is 13.9 Å². The Balaban J connectivity index is 1.96. The predicted octanol–water partition coefficient (Wildman–Crippen LogP) is 2.09. The molecule has 4 heteroatoms. The second-order valence-electron chi connectivity index (χ2n) is 4.05. The van der Waals surface area contributed by atoms with Gasteiger partial charge in [-0.05, 0) is 18.4 Å². The molecule has 1 aliphatic carbocycles. The Labute approximate surface area is 81.6 Å². The van der Waals surface area contributed by atoms with E-state index in [2.05, 4.69) is 0 Å². The van der Waals surface area contributed by atoms with Gasteiger partial charge in [-0.1, -0.05) is 0 Å². The van der Waals surface area contributed by atoms with Crippen LogP contribution in [0.1, 0.15) is 25.7 Å². The van der Waals surface area contributed by atoms with Gasteiger partial charge in [-0.25, -0.2) is 8.78 Å². The molecule has 1 N–H and O–H groups in total. The molecular formula is C10H14F2O2. The van der Waals surface area contributed by atoms with Crippen LogP contribution in [-0.4, -0.2) is 23.7 Å². The topological polar surface area (TPSA) is 29.5 Å². The van der Waals surface area contributed by atoms with Crippen molar-refractivity contribution in [2.24, 2.45) is 5.92 Å². The van der Waals surface area contributed by atoms with Gasteiger partial charge >= 0.3 is 0 Å². The molecule has 2 aliphatic rings. The Bertz CT molecular complexity index is 251. The maximum atomic E-state index is 12.9. The second kappa shape index (κ2) is 3.50. The lowest BCUT2D eigenvalue weighted by atomic mass is 9.99. The normalized spacial score (nSPS) is 32.5. The maximum absolute atomic E-state index is 12.9. The Hall–Kier alpha value is -0.640. The Morgan fingerprint density at radius 2 is 2.36 bits per heavy atom. The van der Waals surface area contributed by atoms with Crippen LogP contribution >= 0.6 is 0 Å². The summed E-state index contributed by atoms with van der Waals surface area (Å²) in [6.07, 6.45) is 1.80. The molecule has 1 saturated carbocycles. The quantitative estimate of drug-likeness (QED) is 0.746. The summed E-state index contributed by atoms with van der Waals surface area (Å²) in [5.74, 6) is -2.44. The molecule has 0 radical (unpaired) electrons. The molecule has 2 atom stereocenters. The van der Waals surface area contributed by atoms with Gasteiger partial charge in [0.05, 0.1) is 6.61 Å². The molecule has 14 heavy (non-hydrogen) atoms. The number of aliphatic hydroxyl groups excluding tert-OH is 1. The van der Waals surface area contributed by atoms with Crippen LogP contribution in [0, 0.1) is 5.92 Å². The second-order valence-corrected chi connectivity index (χ2v) is 4.05. The van der Waals surface area contributed by atoms with Crippen molar-refractivity contribution in [1.82, 2.24) is 0 Å². The van der Waals surface area contributed by atoms with Crippen molar-refractivity contribution in [2.75, 3.05) is 6.61 Å². The third kappa shape index (κ3) is 1.90. The summed E-state index contributed by atoms with van der Waals surface area (Å²) in [5.41, 5.74) is 0. The molecular weight excluding hydrogens is 190 g/mol. The van der Waals surface area contributed by atoms with Crippen LogP contribution in [-0.2, 0) is 4.74 Å². The van der Waals surface area contributed by atoms with E-state index in [4.69, 9.17) is 4.74 Å². The van der Waals surface area contributed by atoms with Gasteiger partial charge in [0.2, 0.25) is 5.92 Å². The van der Waals surface area contributed by atoms with E-state index in [1.54, 1.807) is 6.08 Å². The number of ether oxygens (including phenoxy) is 1. The van der Waals surface area contributed by atoms with Crippen molar-refractivity contribution in [3.8, 4) is 0 Å². The summed E-state index contributed by atoms with van der Waals surface area (Å²) in [4.78, 5) is 0. The summed E-state index contributed by atoms with van der Waals surface area (Å²) in [7, 11) is 0. The molecule has 80 valence electrons. The lowest BCUT2D eigenvalue weighted by Gasteiger charge is -2.18. The van der Waals surface area contributed by atoms with Crippen molar-refractivity contribution < 1.29 is 18.6 Å². The first-order valence-corrected chi connectivity index (χ1v) is 4.97. The first-order chi connectivity index (χ1) is 6.58. The summed E-state index contributed by atoms with van der Waals surface area (Å²) < 4.78 is 30.9.